The van der Waals surface area contributed by atoms with E-state index in [0.717, 1.165) is 62.1 Å². The van der Waals surface area contributed by atoms with Gasteiger partial charge in [-0.25, -0.2) is 4.68 Å². The van der Waals surface area contributed by atoms with Crippen molar-refractivity contribution in [3.8, 4) is 5.69 Å². The van der Waals surface area contributed by atoms with Crippen LogP contribution in [0.15, 0.2) is 30.6 Å². The van der Waals surface area contributed by atoms with E-state index in [9.17, 15) is 4.79 Å². The summed E-state index contributed by atoms with van der Waals surface area (Å²) in [6.45, 7) is 4.02. The molecule has 0 saturated carbocycles. The molecule has 2 atom stereocenters. The Bertz CT molecular complexity index is 676. The topological polar surface area (TPSA) is 75.9 Å². The summed E-state index contributed by atoms with van der Waals surface area (Å²) in [5, 5.41) is 14.6. The van der Waals surface area contributed by atoms with Crippen LogP contribution >= 0.6 is 12.4 Å². The number of hydrogen-bond donors (Lipinski definition) is 1. The molecule has 2 aromatic rings. The predicted molar refractivity (Wildman–Crippen MR) is 95.8 cm³/mol. The highest BCUT2D eigenvalue weighted by Gasteiger charge is 2.31. The molecular formula is C17H23ClN6O. The second kappa shape index (κ2) is 7.93. The first-order valence-electron chi connectivity index (χ1n) is 8.60. The van der Waals surface area contributed by atoms with Crippen LogP contribution < -0.4 is 5.32 Å². The van der Waals surface area contributed by atoms with Crippen molar-refractivity contribution in [2.24, 2.45) is 11.8 Å². The van der Waals surface area contributed by atoms with E-state index in [1.54, 1.807) is 11.0 Å². The zero-order valence-electron chi connectivity index (χ0n) is 14.0. The highest BCUT2D eigenvalue weighted by molar-refractivity contribution is 5.85. The highest BCUT2D eigenvalue weighted by atomic mass is 35.5. The van der Waals surface area contributed by atoms with Crippen LogP contribution in [-0.4, -0.2) is 57.2 Å². The molecule has 0 bridgehead atoms. The molecule has 1 N–H and O–H groups in total. The summed E-state index contributed by atoms with van der Waals surface area (Å²) in [6.07, 6.45) is 4.27. The fourth-order valence-electron chi connectivity index (χ4n) is 3.80. The summed E-state index contributed by atoms with van der Waals surface area (Å²) >= 11 is 0. The lowest BCUT2D eigenvalue weighted by atomic mass is 9.92. The molecule has 134 valence electrons. The number of nitrogens with one attached hydrogen (secondary N) is 1. The number of halogens is 1. The van der Waals surface area contributed by atoms with E-state index in [-0.39, 0.29) is 18.3 Å². The van der Waals surface area contributed by atoms with Gasteiger partial charge in [-0.3, -0.25) is 4.79 Å². The molecule has 25 heavy (non-hydrogen) atoms. The van der Waals surface area contributed by atoms with Crippen LogP contribution in [0.2, 0.25) is 0 Å². The van der Waals surface area contributed by atoms with Crippen molar-refractivity contribution < 1.29 is 4.79 Å². The average molecular weight is 363 g/mol. The lowest BCUT2D eigenvalue weighted by Gasteiger charge is -2.21. The Kier molecular flexibility index (Phi) is 5.65. The predicted octanol–water partition coefficient (Wildman–Crippen LogP) is 1.08. The van der Waals surface area contributed by atoms with Crippen molar-refractivity contribution in [1.82, 2.24) is 30.4 Å². The number of rotatable bonds is 3. The summed E-state index contributed by atoms with van der Waals surface area (Å²) < 4.78 is 1.60. The van der Waals surface area contributed by atoms with E-state index in [1.165, 1.54) is 0 Å². The fourth-order valence-corrected chi connectivity index (χ4v) is 3.80. The maximum atomic E-state index is 12.6. The van der Waals surface area contributed by atoms with E-state index >= 15 is 0 Å². The van der Waals surface area contributed by atoms with Gasteiger partial charge in [0.25, 0.3) is 0 Å². The number of benzene rings is 1. The van der Waals surface area contributed by atoms with E-state index in [4.69, 9.17) is 0 Å². The average Bonchev–Trinajstić information content (AvgIpc) is 3.24. The Morgan fingerprint density at radius 3 is 2.40 bits per heavy atom. The molecule has 1 amide bonds. The van der Waals surface area contributed by atoms with Gasteiger partial charge in [0.05, 0.1) is 12.1 Å². The molecule has 2 fully saturated rings. The van der Waals surface area contributed by atoms with Gasteiger partial charge >= 0.3 is 0 Å². The van der Waals surface area contributed by atoms with Gasteiger partial charge in [0, 0.05) is 13.1 Å². The molecule has 8 heteroatoms. The van der Waals surface area contributed by atoms with Crippen molar-refractivity contribution >= 4 is 18.3 Å². The number of carbonyl (C=O) groups is 1. The van der Waals surface area contributed by atoms with Crippen LogP contribution in [0.3, 0.4) is 0 Å². The van der Waals surface area contributed by atoms with Gasteiger partial charge in [-0.05, 0) is 65.9 Å². The Hall–Kier alpha value is -1.99. The number of likely N-dealkylation sites (tertiary alicyclic amines) is 1. The quantitative estimate of drug-likeness (QED) is 0.884. The highest BCUT2D eigenvalue weighted by Crippen LogP contribution is 2.27. The summed E-state index contributed by atoms with van der Waals surface area (Å²) in [4.78, 5) is 14.7. The Morgan fingerprint density at radius 1 is 1.12 bits per heavy atom. The molecule has 0 unspecified atom stereocenters. The van der Waals surface area contributed by atoms with Crippen molar-refractivity contribution in [2.75, 3.05) is 26.2 Å². The van der Waals surface area contributed by atoms with E-state index < -0.39 is 0 Å². The third kappa shape index (κ3) is 3.99. The van der Waals surface area contributed by atoms with E-state index in [1.807, 2.05) is 29.2 Å². The summed E-state index contributed by atoms with van der Waals surface area (Å²) in [7, 11) is 0. The largest absolute Gasteiger partial charge is 0.342 e. The number of fused-ring (bicyclic) bond motifs is 1. The van der Waals surface area contributed by atoms with Crippen LogP contribution in [0.4, 0.5) is 0 Å². The Labute approximate surface area is 153 Å². The normalized spacial score (nSPS) is 22.8. The summed E-state index contributed by atoms with van der Waals surface area (Å²) in [5.41, 5.74) is 1.93. The van der Waals surface area contributed by atoms with Crippen LogP contribution in [0.5, 0.6) is 0 Å². The molecular weight excluding hydrogens is 340 g/mol. The van der Waals surface area contributed by atoms with Gasteiger partial charge in [-0.2, -0.15) is 0 Å². The van der Waals surface area contributed by atoms with E-state index in [0.29, 0.717) is 6.42 Å². The van der Waals surface area contributed by atoms with Crippen molar-refractivity contribution in [2.45, 2.75) is 19.3 Å². The maximum absolute atomic E-state index is 12.6. The minimum Gasteiger partial charge on any atom is -0.342 e. The van der Waals surface area contributed by atoms with Crippen molar-refractivity contribution in [3.63, 3.8) is 0 Å². The summed E-state index contributed by atoms with van der Waals surface area (Å²) in [5.74, 6) is 1.73. The third-order valence-electron chi connectivity index (χ3n) is 5.28. The summed E-state index contributed by atoms with van der Waals surface area (Å²) in [6, 6.07) is 7.84. The molecule has 2 aliphatic heterocycles. The maximum Gasteiger partial charge on any atom is 0.226 e. The molecule has 0 spiro atoms. The number of carbonyl (C=O) groups excluding carboxylic acids is 1. The SMILES string of the molecule is Cl.O=C(Cc1ccc(-n2cnnn2)cc1)N1CC[C@@H]2CNC[C@@H]2CC1. The van der Waals surface area contributed by atoms with Gasteiger partial charge in [-0.15, -0.1) is 17.5 Å². The fraction of sp³-hybridized carbons (Fsp3) is 0.529. The standard InChI is InChI=1S/C17H22N6O.ClH/c24-17(22-7-5-14-10-18-11-15(14)6-8-22)9-13-1-3-16(4-2-13)23-12-19-20-21-23;/h1-4,12,14-15,18H,5-11H2;1H/t14-,15+;. The van der Waals surface area contributed by atoms with Gasteiger partial charge in [0.1, 0.15) is 6.33 Å². The molecule has 0 radical (unpaired) electrons. The van der Waals surface area contributed by atoms with Gasteiger partial charge in [0.2, 0.25) is 5.91 Å². The first kappa shape index (κ1) is 17.8. The number of hydrogen-bond acceptors (Lipinski definition) is 5. The molecule has 7 nitrogen and oxygen atoms in total. The molecule has 4 rings (SSSR count). The van der Waals surface area contributed by atoms with Gasteiger partial charge in [0.15, 0.2) is 0 Å². The van der Waals surface area contributed by atoms with Crippen LogP contribution in [0, 0.1) is 11.8 Å². The minimum atomic E-state index is 0. The second-order valence-corrected chi connectivity index (χ2v) is 6.73. The smallest absolute Gasteiger partial charge is 0.226 e. The molecule has 0 aliphatic carbocycles. The molecule has 2 saturated heterocycles. The second-order valence-electron chi connectivity index (χ2n) is 6.73. The van der Waals surface area contributed by atoms with Crippen LogP contribution in [-0.2, 0) is 11.2 Å². The zero-order chi connectivity index (χ0) is 16.4. The van der Waals surface area contributed by atoms with Gasteiger partial charge < -0.3 is 10.2 Å². The monoisotopic (exact) mass is 362 g/mol. The Balaban J connectivity index is 0.00000182. The molecule has 1 aromatic carbocycles. The lowest BCUT2D eigenvalue weighted by Crippen LogP contribution is -2.33. The molecule has 2 aliphatic rings. The number of tetrazole rings is 1. The Morgan fingerprint density at radius 2 is 1.80 bits per heavy atom. The number of aromatic nitrogens is 4. The van der Waals surface area contributed by atoms with E-state index in [2.05, 4.69) is 20.8 Å². The van der Waals surface area contributed by atoms with Crippen LogP contribution in [0.1, 0.15) is 18.4 Å². The van der Waals surface area contributed by atoms with Gasteiger partial charge in [-0.1, -0.05) is 12.1 Å². The lowest BCUT2D eigenvalue weighted by molar-refractivity contribution is -0.130. The number of nitrogens with zero attached hydrogens (tertiary/aromatic N) is 5. The third-order valence-corrected chi connectivity index (χ3v) is 5.28. The van der Waals surface area contributed by atoms with Crippen LogP contribution in [0.25, 0.3) is 5.69 Å². The minimum absolute atomic E-state index is 0. The zero-order valence-corrected chi connectivity index (χ0v) is 14.9. The first-order chi connectivity index (χ1) is 11.8. The molecule has 1 aromatic heterocycles. The van der Waals surface area contributed by atoms with Crippen molar-refractivity contribution in [3.05, 3.63) is 36.2 Å². The van der Waals surface area contributed by atoms with Crippen molar-refractivity contribution in [1.29, 1.82) is 0 Å². The first-order valence-corrected chi connectivity index (χ1v) is 8.60. The number of amides is 1. The molecule has 3 heterocycles.